The van der Waals surface area contributed by atoms with E-state index in [0.29, 0.717) is 32.6 Å². The molecule has 10 nitrogen and oxygen atoms in total. The summed E-state index contributed by atoms with van der Waals surface area (Å²) in [6.45, 7) is -1.02. The summed E-state index contributed by atoms with van der Waals surface area (Å²) >= 11 is 0. The van der Waals surface area contributed by atoms with E-state index in [-0.39, 0.29) is 28.5 Å². The van der Waals surface area contributed by atoms with E-state index in [2.05, 4.69) is 20.2 Å². The van der Waals surface area contributed by atoms with E-state index < -0.39 is 18.4 Å². The Labute approximate surface area is 194 Å². The number of alkyl halides is 2. The van der Waals surface area contributed by atoms with Crippen LogP contribution in [0.2, 0.25) is 0 Å². The highest BCUT2D eigenvalue weighted by atomic mass is 19.3. The van der Waals surface area contributed by atoms with Crippen LogP contribution in [0.5, 0.6) is 0 Å². The Morgan fingerprint density at radius 2 is 2.00 bits per heavy atom. The van der Waals surface area contributed by atoms with Crippen molar-refractivity contribution in [1.82, 2.24) is 39.1 Å². The molecule has 6 rings (SSSR count). The Morgan fingerprint density at radius 3 is 2.71 bits per heavy atom. The summed E-state index contributed by atoms with van der Waals surface area (Å²) in [5.74, 6) is 0.0292. The van der Waals surface area contributed by atoms with Gasteiger partial charge in [-0.25, -0.2) is 28.7 Å². The maximum absolute atomic E-state index is 13.8. The number of nitrogens with two attached hydrogens (primary N) is 1. The van der Waals surface area contributed by atoms with Crippen molar-refractivity contribution >= 4 is 27.8 Å². The van der Waals surface area contributed by atoms with Gasteiger partial charge in [0.2, 0.25) is 0 Å². The average molecular weight is 481 g/mol. The SMILES string of the molecule is C[C@@H](c1nc2ccc(F)cc2c(=O)n1C1CC1)n1nc(-c2cnn(C(F)F)c2)c2c(N)ncnc21. The van der Waals surface area contributed by atoms with Gasteiger partial charge in [0.05, 0.1) is 22.5 Å². The van der Waals surface area contributed by atoms with Crippen molar-refractivity contribution < 1.29 is 13.2 Å². The zero-order chi connectivity index (χ0) is 24.4. The first-order valence-electron chi connectivity index (χ1n) is 10.9. The first kappa shape index (κ1) is 21.3. The predicted octanol–water partition coefficient (Wildman–Crippen LogP) is 3.46. The fourth-order valence-electron chi connectivity index (χ4n) is 4.31. The molecule has 0 bridgehead atoms. The Bertz CT molecular complexity index is 1670. The van der Waals surface area contributed by atoms with Gasteiger partial charge in [-0.3, -0.25) is 9.36 Å². The summed E-state index contributed by atoms with van der Waals surface area (Å²) in [5.41, 5.74) is 7.09. The molecule has 1 atom stereocenters. The topological polar surface area (TPSA) is 122 Å². The Balaban J connectivity index is 1.58. The predicted molar refractivity (Wildman–Crippen MR) is 120 cm³/mol. The van der Waals surface area contributed by atoms with Gasteiger partial charge in [-0.2, -0.15) is 19.0 Å². The van der Waals surface area contributed by atoms with Gasteiger partial charge in [-0.1, -0.05) is 0 Å². The summed E-state index contributed by atoms with van der Waals surface area (Å²) in [6, 6.07) is 3.25. The quantitative estimate of drug-likeness (QED) is 0.408. The van der Waals surface area contributed by atoms with E-state index in [1.165, 1.54) is 30.7 Å². The molecule has 4 aromatic heterocycles. The number of anilines is 1. The number of halogens is 3. The number of fused-ring (bicyclic) bond motifs is 2. The van der Waals surface area contributed by atoms with E-state index in [1.54, 1.807) is 16.2 Å². The molecule has 13 heteroatoms. The van der Waals surface area contributed by atoms with Gasteiger partial charge in [0.25, 0.3) is 5.56 Å². The second-order valence-electron chi connectivity index (χ2n) is 8.45. The van der Waals surface area contributed by atoms with Crippen LogP contribution in [0.3, 0.4) is 0 Å². The number of aromatic nitrogens is 8. The number of benzene rings is 1. The maximum Gasteiger partial charge on any atom is 0.333 e. The van der Waals surface area contributed by atoms with Crippen molar-refractivity contribution in [2.75, 3.05) is 5.73 Å². The molecule has 0 spiro atoms. The van der Waals surface area contributed by atoms with E-state index in [9.17, 15) is 18.0 Å². The van der Waals surface area contributed by atoms with Crippen LogP contribution in [-0.4, -0.2) is 39.1 Å². The van der Waals surface area contributed by atoms with E-state index in [1.807, 2.05) is 0 Å². The van der Waals surface area contributed by atoms with Gasteiger partial charge in [-0.05, 0) is 38.0 Å². The van der Waals surface area contributed by atoms with Crippen molar-refractivity contribution in [3.63, 3.8) is 0 Å². The third-order valence-corrected chi connectivity index (χ3v) is 6.14. The lowest BCUT2D eigenvalue weighted by Gasteiger charge is -2.19. The van der Waals surface area contributed by atoms with Crippen molar-refractivity contribution in [3.8, 4) is 11.3 Å². The van der Waals surface area contributed by atoms with Crippen LogP contribution in [0.4, 0.5) is 19.0 Å². The molecule has 0 amide bonds. The molecule has 0 saturated heterocycles. The Kier molecular flexibility index (Phi) is 4.62. The minimum Gasteiger partial charge on any atom is -0.383 e. The lowest BCUT2D eigenvalue weighted by Crippen LogP contribution is -2.28. The van der Waals surface area contributed by atoms with Crippen molar-refractivity contribution in [2.45, 2.75) is 38.4 Å². The van der Waals surface area contributed by atoms with Crippen LogP contribution in [0, 0.1) is 5.82 Å². The minimum atomic E-state index is -2.82. The molecule has 1 aromatic carbocycles. The van der Waals surface area contributed by atoms with E-state index in [4.69, 9.17) is 10.7 Å². The molecule has 1 aliphatic carbocycles. The molecular formula is C22H18F3N9O. The zero-order valence-corrected chi connectivity index (χ0v) is 18.3. The van der Waals surface area contributed by atoms with Crippen LogP contribution in [0.15, 0.2) is 41.7 Å². The average Bonchev–Trinajstić information content (AvgIpc) is 3.39. The van der Waals surface area contributed by atoms with Gasteiger partial charge in [0.1, 0.15) is 35.5 Å². The molecular weight excluding hydrogens is 463 g/mol. The first-order chi connectivity index (χ1) is 16.8. The van der Waals surface area contributed by atoms with Crippen LogP contribution < -0.4 is 11.3 Å². The molecule has 1 saturated carbocycles. The third kappa shape index (κ3) is 3.33. The fourth-order valence-corrected chi connectivity index (χ4v) is 4.31. The fraction of sp³-hybridized carbons (Fsp3) is 0.273. The second-order valence-corrected chi connectivity index (χ2v) is 8.45. The van der Waals surface area contributed by atoms with Crippen LogP contribution in [-0.2, 0) is 0 Å². The standard InChI is InChI=1S/C22H18F3N9O/c1-10(19-30-15-5-2-12(23)6-14(15)21(35)33(19)13-3-4-13)34-20-16(18(26)27-9-28-20)17(31-34)11-7-29-32(8-11)22(24)25/h2,5-10,13,22H,3-4H2,1H3,(H2,26,27,28)/t10-/m0/s1. The molecule has 0 unspecified atom stereocenters. The van der Waals surface area contributed by atoms with Gasteiger partial charge < -0.3 is 5.73 Å². The van der Waals surface area contributed by atoms with Crippen LogP contribution in [0.1, 0.15) is 44.2 Å². The zero-order valence-electron chi connectivity index (χ0n) is 18.3. The molecule has 2 N–H and O–H groups in total. The molecule has 4 heterocycles. The minimum absolute atomic E-state index is 0.0506. The smallest absolute Gasteiger partial charge is 0.333 e. The highest BCUT2D eigenvalue weighted by Gasteiger charge is 2.32. The van der Waals surface area contributed by atoms with Crippen LogP contribution >= 0.6 is 0 Å². The number of nitrogens with zero attached hydrogens (tertiary/aromatic N) is 8. The lowest BCUT2D eigenvalue weighted by atomic mass is 10.2. The normalized spacial score (nSPS) is 14.9. The molecule has 178 valence electrons. The molecule has 5 aromatic rings. The van der Waals surface area contributed by atoms with Gasteiger partial charge in [0.15, 0.2) is 5.65 Å². The molecule has 0 aliphatic heterocycles. The Morgan fingerprint density at radius 1 is 1.20 bits per heavy atom. The summed E-state index contributed by atoms with van der Waals surface area (Å²) in [6.07, 6.45) is 5.30. The lowest BCUT2D eigenvalue weighted by molar-refractivity contribution is 0.0566. The highest BCUT2D eigenvalue weighted by Crippen LogP contribution is 2.38. The monoisotopic (exact) mass is 481 g/mol. The van der Waals surface area contributed by atoms with Gasteiger partial charge in [0, 0.05) is 17.8 Å². The molecule has 0 radical (unpaired) electrons. The summed E-state index contributed by atoms with van der Waals surface area (Å²) in [5, 5.41) is 8.89. The largest absolute Gasteiger partial charge is 0.383 e. The van der Waals surface area contributed by atoms with Crippen molar-refractivity contribution in [1.29, 1.82) is 0 Å². The number of nitrogen functional groups attached to an aromatic ring is 1. The summed E-state index contributed by atoms with van der Waals surface area (Å²) in [7, 11) is 0. The van der Waals surface area contributed by atoms with Crippen LogP contribution in [0.25, 0.3) is 33.2 Å². The number of hydrogen-bond donors (Lipinski definition) is 1. The first-order valence-corrected chi connectivity index (χ1v) is 10.9. The van der Waals surface area contributed by atoms with Crippen molar-refractivity contribution in [3.05, 3.63) is 58.9 Å². The second kappa shape index (κ2) is 7.61. The summed E-state index contributed by atoms with van der Waals surface area (Å²) < 4.78 is 43.7. The number of hydrogen-bond acceptors (Lipinski definition) is 7. The highest BCUT2D eigenvalue weighted by molar-refractivity contribution is 5.98. The third-order valence-electron chi connectivity index (χ3n) is 6.14. The molecule has 1 fully saturated rings. The summed E-state index contributed by atoms with van der Waals surface area (Å²) in [4.78, 5) is 26.4. The van der Waals surface area contributed by atoms with E-state index in [0.717, 1.165) is 19.0 Å². The maximum atomic E-state index is 13.8. The van der Waals surface area contributed by atoms with Crippen molar-refractivity contribution in [2.24, 2.45) is 0 Å². The van der Waals surface area contributed by atoms with Gasteiger partial charge in [-0.15, -0.1) is 0 Å². The van der Waals surface area contributed by atoms with Gasteiger partial charge >= 0.3 is 6.55 Å². The number of rotatable bonds is 5. The molecule has 1 aliphatic rings. The Hall–Kier alpha value is -4.29. The van der Waals surface area contributed by atoms with E-state index >= 15 is 0 Å². The molecule has 35 heavy (non-hydrogen) atoms.